The Bertz CT molecular complexity index is 402. The molecule has 0 spiro atoms. The Morgan fingerprint density at radius 2 is 2.58 bits per heavy atom. The van der Waals surface area contributed by atoms with Gasteiger partial charge in [-0.25, -0.2) is 9.78 Å². The molecule has 1 N–H and O–H groups in total. The van der Waals surface area contributed by atoms with E-state index in [0.29, 0.717) is 12.2 Å². The molecule has 0 aromatic carbocycles. The van der Waals surface area contributed by atoms with Gasteiger partial charge in [-0.3, -0.25) is 9.51 Å². The maximum Gasteiger partial charge on any atom is 0.438 e. The van der Waals surface area contributed by atoms with E-state index in [0.717, 1.165) is 5.69 Å². The van der Waals surface area contributed by atoms with E-state index in [-0.39, 0.29) is 0 Å². The van der Waals surface area contributed by atoms with E-state index in [1.807, 2.05) is 5.38 Å². The van der Waals surface area contributed by atoms with E-state index in [4.69, 9.17) is 0 Å². The lowest BCUT2D eigenvalue weighted by atomic mass is 10.3. The van der Waals surface area contributed by atoms with E-state index in [2.05, 4.69) is 19.6 Å². The number of aromatic amines is 1. The molecule has 0 aliphatic heterocycles. The maximum atomic E-state index is 10.5. The third-order valence-electron chi connectivity index (χ3n) is 1.32. The number of hydrogen-bond acceptors (Lipinski definition) is 5. The maximum absolute atomic E-state index is 10.5. The Morgan fingerprint density at radius 3 is 3.17 bits per heavy atom. The Hall–Kier alpha value is -1.43. The zero-order chi connectivity index (χ0) is 8.39. The first-order valence-electron chi connectivity index (χ1n) is 3.26. The van der Waals surface area contributed by atoms with Gasteiger partial charge in [-0.05, 0) is 0 Å². The monoisotopic (exact) mass is 183 g/mol. The van der Waals surface area contributed by atoms with Gasteiger partial charge < -0.3 is 0 Å². The SMILES string of the molecule is O=c1[nH]c(Cc2cscn2)no1. The van der Waals surface area contributed by atoms with Crippen molar-refractivity contribution >= 4 is 11.3 Å². The van der Waals surface area contributed by atoms with Crippen LogP contribution in [0.4, 0.5) is 0 Å². The zero-order valence-corrected chi connectivity index (χ0v) is 6.80. The smallest absolute Gasteiger partial charge is 0.296 e. The first kappa shape index (κ1) is 7.23. The van der Waals surface area contributed by atoms with Crippen LogP contribution >= 0.6 is 11.3 Å². The molecule has 12 heavy (non-hydrogen) atoms. The van der Waals surface area contributed by atoms with E-state index >= 15 is 0 Å². The summed E-state index contributed by atoms with van der Waals surface area (Å²) in [5.74, 6) is -0.0221. The van der Waals surface area contributed by atoms with Gasteiger partial charge in [0.1, 0.15) is 0 Å². The van der Waals surface area contributed by atoms with Crippen LogP contribution in [0.3, 0.4) is 0 Å². The van der Waals surface area contributed by atoms with Gasteiger partial charge in [0.15, 0.2) is 5.82 Å². The number of hydrogen-bond donors (Lipinski definition) is 1. The highest BCUT2D eigenvalue weighted by molar-refractivity contribution is 7.07. The molecule has 5 nitrogen and oxygen atoms in total. The molecule has 0 saturated carbocycles. The molecule has 62 valence electrons. The van der Waals surface area contributed by atoms with Crippen LogP contribution in [-0.2, 0) is 6.42 Å². The molecule has 0 unspecified atom stereocenters. The molecule has 2 rings (SSSR count). The molecule has 0 atom stereocenters. The van der Waals surface area contributed by atoms with Gasteiger partial charge in [0.2, 0.25) is 0 Å². The molecule has 0 radical (unpaired) electrons. The number of aromatic nitrogens is 3. The fourth-order valence-electron chi connectivity index (χ4n) is 0.833. The van der Waals surface area contributed by atoms with Crippen molar-refractivity contribution in [2.45, 2.75) is 6.42 Å². The van der Waals surface area contributed by atoms with E-state index < -0.39 is 5.76 Å². The number of H-pyrrole nitrogens is 1. The fraction of sp³-hybridized carbons (Fsp3) is 0.167. The minimum atomic E-state index is -0.528. The topological polar surface area (TPSA) is 71.8 Å². The highest BCUT2D eigenvalue weighted by Gasteiger charge is 2.02. The molecular weight excluding hydrogens is 178 g/mol. The second-order valence-corrected chi connectivity index (χ2v) is 2.92. The van der Waals surface area contributed by atoms with Crippen LogP contribution in [0.25, 0.3) is 0 Å². The minimum Gasteiger partial charge on any atom is -0.296 e. The van der Waals surface area contributed by atoms with Gasteiger partial charge >= 0.3 is 5.76 Å². The van der Waals surface area contributed by atoms with Crippen molar-refractivity contribution in [1.82, 2.24) is 15.1 Å². The first-order chi connectivity index (χ1) is 5.84. The summed E-state index contributed by atoms with van der Waals surface area (Å²) >= 11 is 1.50. The summed E-state index contributed by atoms with van der Waals surface area (Å²) in [6, 6.07) is 0. The summed E-state index contributed by atoms with van der Waals surface area (Å²) in [5, 5.41) is 5.41. The van der Waals surface area contributed by atoms with Crippen molar-refractivity contribution in [3.63, 3.8) is 0 Å². The molecule has 0 aliphatic carbocycles. The third-order valence-corrected chi connectivity index (χ3v) is 1.95. The van der Waals surface area contributed by atoms with Gasteiger partial charge in [0.05, 0.1) is 17.6 Å². The summed E-state index contributed by atoms with van der Waals surface area (Å²) in [6.07, 6.45) is 0.509. The van der Waals surface area contributed by atoms with Gasteiger partial charge in [-0.15, -0.1) is 11.3 Å². The lowest BCUT2D eigenvalue weighted by Crippen LogP contribution is -1.97. The van der Waals surface area contributed by atoms with Crippen LogP contribution < -0.4 is 5.76 Å². The minimum absolute atomic E-state index is 0.505. The van der Waals surface area contributed by atoms with Crippen LogP contribution in [0.5, 0.6) is 0 Å². The summed E-state index contributed by atoms with van der Waals surface area (Å²) in [6.45, 7) is 0. The molecule has 6 heteroatoms. The van der Waals surface area contributed by atoms with Gasteiger partial charge in [-0.1, -0.05) is 5.16 Å². The van der Waals surface area contributed by atoms with E-state index in [9.17, 15) is 4.79 Å². The van der Waals surface area contributed by atoms with Crippen molar-refractivity contribution in [3.8, 4) is 0 Å². The number of rotatable bonds is 2. The average Bonchev–Trinajstić information content (AvgIpc) is 2.63. The quantitative estimate of drug-likeness (QED) is 0.731. The summed E-state index contributed by atoms with van der Waals surface area (Å²) in [7, 11) is 0. The fourth-order valence-corrected chi connectivity index (χ4v) is 1.39. The van der Waals surface area contributed by atoms with E-state index in [1.54, 1.807) is 5.51 Å². The summed E-state index contributed by atoms with van der Waals surface area (Å²) < 4.78 is 4.33. The second-order valence-electron chi connectivity index (χ2n) is 2.20. The van der Waals surface area contributed by atoms with Crippen LogP contribution in [0.1, 0.15) is 11.5 Å². The normalized spacial score (nSPS) is 10.3. The largest absolute Gasteiger partial charge is 0.438 e. The molecule has 0 bridgehead atoms. The molecule has 0 saturated heterocycles. The summed E-state index contributed by atoms with van der Waals surface area (Å²) in [5.41, 5.74) is 2.61. The third kappa shape index (κ3) is 1.42. The standard InChI is InChI=1S/C6H5N3O2S/c10-6-8-5(9-11-6)1-4-2-12-3-7-4/h2-3H,1H2,(H,8,9,10). The van der Waals surface area contributed by atoms with E-state index in [1.165, 1.54) is 11.3 Å². The van der Waals surface area contributed by atoms with Crippen molar-refractivity contribution in [3.05, 3.63) is 33.0 Å². The van der Waals surface area contributed by atoms with Crippen LogP contribution in [0.15, 0.2) is 20.2 Å². The van der Waals surface area contributed by atoms with Crippen molar-refractivity contribution in [1.29, 1.82) is 0 Å². The number of nitrogens with one attached hydrogen (secondary N) is 1. The Morgan fingerprint density at radius 1 is 1.67 bits per heavy atom. The Labute approximate surface area is 71.1 Å². The predicted molar refractivity (Wildman–Crippen MR) is 42.0 cm³/mol. The molecule has 0 fully saturated rings. The number of nitrogens with zero attached hydrogens (tertiary/aromatic N) is 2. The van der Waals surface area contributed by atoms with Crippen LogP contribution in [0.2, 0.25) is 0 Å². The van der Waals surface area contributed by atoms with Gasteiger partial charge in [-0.2, -0.15) is 0 Å². The average molecular weight is 183 g/mol. The lowest BCUT2D eigenvalue weighted by Gasteiger charge is -1.86. The van der Waals surface area contributed by atoms with Crippen molar-refractivity contribution < 1.29 is 4.52 Å². The lowest BCUT2D eigenvalue weighted by molar-refractivity contribution is 0.382. The van der Waals surface area contributed by atoms with Crippen LogP contribution in [-0.4, -0.2) is 15.1 Å². The van der Waals surface area contributed by atoms with Crippen molar-refractivity contribution in [2.24, 2.45) is 0 Å². The molecule has 2 aromatic rings. The zero-order valence-electron chi connectivity index (χ0n) is 5.98. The van der Waals surface area contributed by atoms with Crippen LogP contribution in [0, 0.1) is 0 Å². The van der Waals surface area contributed by atoms with Gasteiger partial charge in [0, 0.05) is 5.38 Å². The molecule has 0 amide bonds. The van der Waals surface area contributed by atoms with Crippen molar-refractivity contribution in [2.75, 3.05) is 0 Å². The highest BCUT2D eigenvalue weighted by Crippen LogP contribution is 2.04. The van der Waals surface area contributed by atoms with Gasteiger partial charge in [0.25, 0.3) is 0 Å². The molecule has 2 aromatic heterocycles. The number of thiazole rings is 1. The predicted octanol–water partition coefficient (Wildman–Crippen LogP) is 0.410. The Balaban J connectivity index is 2.19. The second kappa shape index (κ2) is 2.90. The molecule has 2 heterocycles. The summed E-state index contributed by atoms with van der Waals surface area (Å²) in [4.78, 5) is 17.0. The molecular formula is C6H5N3O2S. The highest BCUT2D eigenvalue weighted by atomic mass is 32.1. The molecule has 0 aliphatic rings. The first-order valence-corrected chi connectivity index (χ1v) is 4.21. The Kier molecular flexibility index (Phi) is 1.75.